The van der Waals surface area contributed by atoms with Gasteiger partial charge in [0.2, 0.25) is 5.91 Å². The molecule has 1 N–H and O–H groups in total. The van der Waals surface area contributed by atoms with E-state index in [0.717, 1.165) is 10.5 Å². The highest BCUT2D eigenvalue weighted by Gasteiger charge is 2.39. The number of carbonyl (C=O) groups is 2. The van der Waals surface area contributed by atoms with Gasteiger partial charge in [-0.05, 0) is 54.1 Å². The lowest BCUT2D eigenvalue weighted by Crippen LogP contribution is -2.34. The second-order valence-electron chi connectivity index (χ2n) is 6.74. The summed E-state index contributed by atoms with van der Waals surface area (Å²) in [6.45, 7) is 0.468. The van der Waals surface area contributed by atoms with E-state index in [4.69, 9.17) is 4.74 Å². The van der Waals surface area contributed by atoms with Crippen molar-refractivity contribution < 1.29 is 18.7 Å². The molecule has 29 heavy (non-hydrogen) atoms. The first-order valence-electron chi connectivity index (χ1n) is 9.26. The third-order valence-corrected chi connectivity index (χ3v) is 4.67. The lowest BCUT2D eigenvalue weighted by atomic mass is 10.2. The summed E-state index contributed by atoms with van der Waals surface area (Å²) in [4.78, 5) is 26.0. The van der Waals surface area contributed by atoms with Crippen molar-refractivity contribution in [3.8, 4) is 5.75 Å². The Hall–Kier alpha value is -3.67. The molecule has 0 saturated carbocycles. The van der Waals surface area contributed by atoms with E-state index in [9.17, 15) is 14.0 Å². The normalized spacial score (nSPS) is 16.2. The second-order valence-corrected chi connectivity index (χ2v) is 6.74. The summed E-state index contributed by atoms with van der Waals surface area (Å²) in [6, 6.07) is 21.7. The van der Waals surface area contributed by atoms with Crippen molar-refractivity contribution in [3.63, 3.8) is 0 Å². The van der Waals surface area contributed by atoms with E-state index >= 15 is 0 Å². The molecule has 6 heteroatoms. The maximum atomic E-state index is 13.1. The van der Waals surface area contributed by atoms with Crippen LogP contribution >= 0.6 is 0 Å². The Labute approximate surface area is 167 Å². The van der Waals surface area contributed by atoms with Gasteiger partial charge < -0.3 is 10.1 Å². The minimum absolute atomic E-state index is 0.0441. The Morgan fingerprint density at radius 2 is 1.62 bits per heavy atom. The van der Waals surface area contributed by atoms with E-state index < -0.39 is 11.9 Å². The molecule has 0 radical (unpaired) electrons. The van der Waals surface area contributed by atoms with Gasteiger partial charge in [-0.2, -0.15) is 0 Å². The molecule has 2 amide bonds. The summed E-state index contributed by atoms with van der Waals surface area (Å²) in [6.07, 6.45) is 0.0441. The highest BCUT2D eigenvalue weighted by Crippen LogP contribution is 2.26. The Morgan fingerprint density at radius 1 is 0.931 bits per heavy atom. The van der Waals surface area contributed by atoms with E-state index in [2.05, 4.69) is 5.32 Å². The summed E-state index contributed by atoms with van der Waals surface area (Å²) >= 11 is 0. The lowest BCUT2D eigenvalue weighted by Gasteiger charge is -2.16. The van der Waals surface area contributed by atoms with Crippen molar-refractivity contribution in [2.45, 2.75) is 19.1 Å². The topological polar surface area (TPSA) is 58.6 Å². The molecule has 3 aromatic rings. The number of benzene rings is 3. The standard InChI is InChI=1S/C23H19FN2O3/c24-17-6-10-19(11-7-17)26-22(27)14-21(23(26)28)25-18-8-12-20(13-9-18)29-15-16-4-2-1-3-5-16/h1-13,21,25H,14-15H2. The van der Waals surface area contributed by atoms with E-state index in [-0.39, 0.29) is 18.2 Å². The van der Waals surface area contributed by atoms with Gasteiger partial charge in [-0.15, -0.1) is 0 Å². The number of imide groups is 1. The van der Waals surface area contributed by atoms with Crippen LogP contribution in [0.1, 0.15) is 12.0 Å². The monoisotopic (exact) mass is 390 g/mol. The maximum absolute atomic E-state index is 13.1. The molecule has 1 aliphatic heterocycles. The molecule has 146 valence electrons. The van der Waals surface area contributed by atoms with Crippen molar-refractivity contribution in [1.82, 2.24) is 0 Å². The number of carbonyl (C=O) groups excluding carboxylic acids is 2. The zero-order valence-electron chi connectivity index (χ0n) is 15.5. The smallest absolute Gasteiger partial charge is 0.256 e. The van der Waals surface area contributed by atoms with Crippen molar-refractivity contribution in [2.75, 3.05) is 10.2 Å². The van der Waals surface area contributed by atoms with Gasteiger partial charge in [0.25, 0.3) is 5.91 Å². The molecule has 1 unspecified atom stereocenters. The molecule has 0 bridgehead atoms. The van der Waals surface area contributed by atoms with Crippen molar-refractivity contribution >= 4 is 23.2 Å². The van der Waals surface area contributed by atoms with Gasteiger partial charge >= 0.3 is 0 Å². The van der Waals surface area contributed by atoms with Gasteiger partial charge in [-0.3, -0.25) is 9.59 Å². The van der Waals surface area contributed by atoms with Crippen LogP contribution in [0.2, 0.25) is 0 Å². The van der Waals surface area contributed by atoms with Crippen molar-refractivity contribution in [1.29, 1.82) is 0 Å². The average molecular weight is 390 g/mol. The molecule has 4 rings (SSSR count). The molecular weight excluding hydrogens is 371 g/mol. The number of halogens is 1. The number of hydrogen-bond acceptors (Lipinski definition) is 4. The number of anilines is 2. The lowest BCUT2D eigenvalue weighted by molar-refractivity contribution is -0.121. The summed E-state index contributed by atoms with van der Waals surface area (Å²) in [5.41, 5.74) is 2.16. The SMILES string of the molecule is O=C1CC(Nc2ccc(OCc3ccccc3)cc2)C(=O)N1c1ccc(F)cc1. The first-order chi connectivity index (χ1) is 14.1. The minimum Gasteiger partial charge on any atom is -0.489 e. The van der Waals surface area contributed by atoms with Gasteiger partial charge in [0.15, 0.2) is 0 Å². The molecule has 1 atom stereocenters. The first-order valence-corrected chi connectivity index (χ1v) is 9.26. The number of hydrogen-bond donors (Lipinski definition) is 1. The highest BCUT2D eigenvalue weighted by molar-refractivity contribution is 6.23. The van der Waals surface area contributed by atoms with Gasteiger partial charge in [0, 0.05) is 5.69 Å². The van der Waals surface area contributed by atoms with Crippen LogP contribution in [0, 0.1) is 5.82 Å². The van der Waals surface area contributed by atoms with Gasteiger partial charge in [0.05, 0.1) is 12.1 Å². The van der Waals surface area contributed by atoms with Crippen LogP contribution in [0.25, 0.3) is 0 Å². The molecule has 1 saturated heterocycles. The van der Waals surface area contributed by atoms with Crippen LogP contribution in [-0.2, 0) is 16.2 Å². The fourth-order valence-electron chi connectivity index (χ4n) is 3.20. The zero-order chi connectivity index (χ0) is 20.2. The number of nitrogens with one attached hydrogen (secondary N) is 1. The van der Waals surface area contributed by atoms with Gasteiger partial charge in [-0.1, -0.05) is 30.3 Å². The molecule has 1 fully saturated rings. The molecule has 0 aliphatic carbocycles. The molecule has 5 nitrogen and oxygen atoms in total. The van der Waals surface area contributed by atoms with E-state index in [1.807, 2.05) is 42.5 Å². The number of rotatable bonds is 6. The zero-order valence-corrected chi connectivity index (χ0v) is 15.5. The molecule has 0 aromatic heterocycles. The minimum atomic E-state index is -0.663. The van der Waals surface area contributed by atoms with E-state index in [0.29, 0.717) is 23.7 Å². The Balaban J connectivity index is 1.38. The molecule has 0 spiro atoms. The summed E-state index contributed by atoms with van der Waals surface area (Å²) in [7, 11) is 0. The molecular formula is C23H19FN2O3. The third kappa shape index (κ3) is 4.27. The van der Waals surface area contributed by atoms with Crippen LogP contribution in [0.3, 0.4) is 0 Å². The summed E-state index contributed by atoms with van der Waals surface area (Å²) in [5.74, 6) is -0.383. The van der Waals surface area contributed by atoms with Crippen LogP contribution in [-0.4, -0.2) is 17.9 Å². The quantitative estimate of drug-likeness (QED) is 0.643. The summed E-state index contributed by atoms with van der Waals surface area (Å²) in [5, 5.41) is 3.09. The first kappa shape index (κ1) is 18.7. The maximum Gasteiger partial charge on any atom is 0.256 e. The summed E-state index contributed by atoms with van der Waals surface area (Å²) < 4.78 is 18.9. The fraction of sp³-hybridized carbons (Fsp3) is 0.130. The van der Waals surface area contributed by atoms with Crippen molar-refractivity contribution in [2.24, 2.45) is 0 Å². The average Bonchev–Trinajstić information content (AvgIpc) is 3.02. The number of amides is 2. The Morgan fingerprint density at radius 3 is 2.31 bits per heavy atom. The predicted molar refractivity (Wildman–Crippen MR) is 108 cm³/mol. The molecule has 1 aliphatic rings. The molecule has 3 aromatic carbocycles. The number of ether oxygens (including phenoxy) is 1. The highest BCUT2D eigenvalue weighted by atomic mass is 19.1. The van der Waals surface area contributed by atoms with Crippen LogP contribution in [0.5, 0.6) is 5.75 Å². The van der Waals surface area contributed by atoms with Crippen LogP contribution in [0.4, 0.5) is 15.8 Å². The second kappa shape index (κ2) is 8.14. The Kier molecular flexibility index (Phi) is 5.24. The van der Waals surface area contributed by atoms with Crippen LogP contribution in [0.15, 0.2) is 78.9 Å². The van der Waals surface area contributed by atoms with E-state index in [1.54, 1.807) is 12.1 Å². The van der Waals surface area contributed by atoms with Gasteiger partial charge in [-0.25, -0.2) is 9.29 Å². The van der Waals surface area contributed by atoms with Gasteiger partial charge in [0.1, 0.15) is 24.2 Å². The van der Waals surface area contributed by atoms with Crippen molar-refractivity contribution in [3.05, 3.63) is 90.2 Å². The largest absolute Gasteiger partial charge is 0.489 e. The van der Waals surface area contributed by atoms with Crippen LogP contribution < -0.4 is 15.0 Å². The predicted octanol–water partition coefficient (Wildman–Crippen LogP) is 4.15. The number of nitrogens with zero attached hydrogens (tertiary/aromatic N) is 1. The fourth-order valence-corrected chi connectivity index (χ4v) is 3.20. The Bertz CT molecular complexity index is 1000. The molecule has 1 heterocycles. The van der Waals surface area contributed by atoms with E-state index in [1.165, 1.54) is 24.3 Å². The third-order valence-electron chi connectivity index (χ3n) is 4.67.